The Morgan fingerprint density at radius 1 is 1.56 bits per heavy atom. The fraction of sp³-hybridized carbons (Fsp3) is 1.00. The summed E-state index contributed by atoms with van der Waals surface area (Å²) in [4.78, 5) is 10.4. The normalized spacial score (nSPS) is 15.9. The van der Waals surface area contributed by atoms with E-state index in [1.807, 2.05) is 6.92 Å². The van der Waals surface area contributed by atoms with E-state index >= 15 is 0 Å². The quantitative estimate of drug-likeness (QED) is 0.354. The molecule has 0 aromatic carbocycles. The van der Waals surface area contributed by atoms with Gasteiger partial charge in [-0.15, -0.1) is 0 Å². The molecule has 0 aliphatic heterocycles. The number of rotatable bonds is 3. The van der Waals surface area contributed by atoms with Gasteiger partial charge in [-0.1, -0.05) is 13.3 Å². The van der Waals surface area contributed by atoms with Crippen molar-refractivity contribution < 1.29 is 39.0 Å². The van der Waals surface area contributed by atoms with Crippen LogP contribution in [0.3, 0.4) is 0 Å². The maximum atomic E-state index is 10.4. The smallest absolute Gasteiger partial charge is 0.799 e. The Kier molecular flexibility index (Phi) is 8.46. The minimum atomic E-state index is -2.93. The van der Waals surface area contributed by atoms with Crippen molar-refractivity contribution in [2.45, 2.75) is 19.8 Å². The van der Waals surface area contributed by atoms with Crippen molar-refractivity contribution in [1.82, 2.24) is 0 Å². The van der Waals surface area contributed by atoms with Crippen LogP contribution in [0, 0.1) is 0 Å². The van der Waals surface area contributed by atoms with E-state index in [4.69, 9.17) is 0 Å². The Morgan fingerprint density at radius 2 is 2.00 bits per heavy atom. The molecule has 0 saturated heterocycles. The molecule has 0 rings (SSSR count). The number of hydrogen-bond donors (Lipinski definition) is 0. The molecule has 0 bridgehead atoms. The van der Waals surface area contributed by atoms with E-state index < -0.39 is 7.37 Å². The van der Waals surface area contributed by atoms with Crippen LogP contribution < -0.4 is 34.5 Å². The third kappa shape index (κ3) is 12.4. The maximum Gasteiger partial charge on any atom is 1.00 e. The van der Waals surface area contributed by atoms with Crippen LogP contribution in [-0.4, -0.2) is 12.8 Å². The van der Waals surface area contributed by atoms with Gasteiger partial charge in [0.2, 0.25) is 0 Å². The molecular formula is C5H12NaO2P. The average Bonchev–Trinajstić information content (AvgIpc) is 1.59. The van der Waals surface area contributed by atoms with Crippen molar-refractivity contribution >= 4 is 7.37 Å². The maximum absolute atomic E-state index is 10.4. The topological polar surface area (TPSA) is 40.1 Å². The predicted molar refractivity (Wildman–Crippen MR) is 33.3 cm³/mol. The molecule has 0 radical (unpaired) electrons. The molecule has 4 heteroatoms. The van der Waals surface area contributed by atoms with Crippen LogP contribution in [0.5, 0.6) is 0 Å². The van der Waals surface area contributed by atoms with Crippen LogP contribution in [0.15, 0.2) is 0 Å². The van der Waals surface area contributed by atoms with Crippen molar-refractivity contribution in [3.05, 3.63) is 0 Å². The summed E-state index contributed by atoms with van der Waals surface area (Å²) < 4.78 is 10.4. The van der Waals surface area contributed by atoms with E-state index in [0.29, 0.717) is 6.16 Å². The summed E-state index contributed by atoms with van der Waals surface area (Å²) in [6.07, 6.45) is 2.13. The second-order valence-electron chi connectivity index (χ2n) is 2.09. The summed E-state index contributed by atoms with van der Waals surface area (Å²) in [5, 5.41) is 0. The van der Waals surface area contributed by atoms with Gasteiger partial charge in [-0.25, -0.2) is 0 Å². The van der Waals surface area contributed by atoms with E-state index in [-0.39, 0.29) is 29.6 Å². The summed E-state index contributed by atoms with van der Waals surface area (Å²) in [6.45, 7) is 3.28. The molecule has 0 heterocycles. The molecule has 9 heavy (non-hydrogen) atoms. The van der Waals surface area contributed by atoms with E-state index in [9.17, 15) is 9.46 Å². The number of hydrogen-bond acceptors (Lipinski definition) is 2. The standard InChI is InChI=1S/C5H13O2P.Na/c1-3-4-5-8(2,6)7;/h3-5H2,1-2H3,(H,6,7);/q;+1/p-1. The van der Waals surface area contributed by atoms with Gasteiger partial charge in [0.25, 0.3) is 0 Å². The monoisotopic (exact) mass is 158 g/mol. The zero-order valence-corrected chi connectivity index (χ0v) is 9.28. The summed E-state index contributed by atoms with van der Waals surface area (Å²) in [7, 11) is -2.93. The number of unbranched alkanes of at least 4 members (excludes halogenated alkanes) is 1. The van der Waals surface area contributed by atoms with Crippen molar-refractivity contribution in [1.29, 1.82) is 0 Å². The molecule has 1 atom stereocenters. The summed E-state index contributed by atoms with van der Waals surface area (Å²) in [5.74, 6) is 0. The molecule has 0 amide bonds. The Hall–Kier alpha value is 1.19. The van der Waals surface area contributed by atoms with Crippen LogP contribution in [0.25, 0.3) is 0 Å². The molecule has 0 aromatic rings. The third-order valence-electron chi connectivity index (χ3n) is 0.918. The molecule has 0 saturated carbocycles. The van der Waals surface area contributed by atoms with Crippen LogP contribution in [-0.2, 0) is 4.57 Å². The molecule has 2 nitrogen and oxygen atoms in total. The molecule has 0 N–H and O–H groups in total. The van der Waals surface area contributed by atoms with Gasteiger partial charge >= 0.3 is 29.6 Å². The molecule has 0 fully saturated rings. The third-order valence-corrected chi connectivity index (χ3v) is 2.05. The first-order valence-electron chi connectivity index (χ1n) is 2.84. The van der Waals surface area contributed by atoms with Gasteiger partial charge in [-0.3, -0.25) is 0 Å². The van der Waals surface area contributed by atoms with Gasteiger partial charge < -0.3 is 9.46 Å². The van der Waals surface area contributed by atoms with Gasteiger partial charge in [0, 0.05) is 7.37 Å². The predicted octanol–water partition coefficient (Wildman–Crippen LogP) is -1.94. The van der Waals surface area contributed by atoms with E-state index in [1.165, 1.54) is 6.66 Å². The summed E-state index contributed by atoms with van der Waals surface area (Å²) in [6, 6.07) is 0. The Morgan fingerprint density at radius 3 is 2.11 bits per heavy atom. The molecule has 0 aliphatic carbocycles. The van der Waals surface area contributed by atoms with Crippen molar-refractivity contribution in [2.75, 3.05) is 12.8 Å². The first-order chi connectivity index (χ1) is 3.56. The van der Waals surface area contributed by atoms with E-state index in [1.54, 1.807) is 0 Å². The molecule has 1 unspecified atom stereocenters. The SMILES string of the molecule is CCCCP(C)(=O)[O-].[Na+]. The molecule has 0 spiro atoms. The average molecular weight is 158 g/mol. The molecule has 50 valence electrons. The van der Waals surface area contributed by atoms with Gasteiger partial charge in [0.05, 0.1) is 0 Å². The van der Waals surface area contributed by atoms with Crippen LogP contribution in [0.1, 0.15) is 19.8 Å². The Bertz CT molecular complexity index is 99.1. The van der Waals surface area contributed by atoms with Crippen molar-refractivity contribution in [3.63, 3.8) is 0 Å². The molecule has 0 aromatic heterocycles. The second-order valence-corrected chi connectivity index (χ2v) is 4.57. The Balaban J connectivity index is 0. The molecule has 0 aliphatic rings. The van der Waals surface area contributed by atoms with Gasteiger partial charge in [0.1, 0.15) is 0 Å². The first-order valence-corrected chi connectivity index (χ1v) is 5.09. The van der Waals surface area contributed by atoms with E-state index in [2.05, 4.69) is 0 Å². The zero-order valence-electron chi connectivity index (χ0n) is 6.39. The van der Waals surface area contributed by atoms with Crippen molar-refractivity contribution in [2.24, 2.45) is 0 Å². The van der Waals surface area contributed by atoms with Crippen LogP contribution in [0.2, 0.25) is 0 Å². The van der Waals surface area contributed by atoms with Crippen molar-refractivity contribution in [3.8, 4) is 0 Å². The van der Waals surface area contributed by atoms with Gasteiger partial charge in [0.15, 0.2) is 0 Å². The fourth-order valence-electron chi connectivity index (χ4n) is 0.445. The van der Waals surface area contributed by atoms with E-state index in [0.717, 1.165) is 12.8 Å². The van der Waals surface area contributed by atoms with Crippen LogP contribution in [0.4, 0.5) is 0 Å². The van der Waals surface area contributed by atoms with Gasteiger partial charge in [-0.05, 0) is 19.2 Å². The summed E-state index contributed by atoms with van der Waals surface area (Å²) in [5.41, 5.74) is 0. The Labute approximate surface area is 78.8 Å². The largest absolute Gasteiger partial charge is 1.00 e. The second kappa shape index (κ2) is 5.94. The summed E-state index contributed by atoms with van der Waals surface area (Å²) >= 11 is 0. The fourth-order valence-corrected chi connectivity index (χ4v) is 1.34. The van der Waals surface area contributed by atoms with Gasteiger partial charge in [-0.2, -0.15) is 0 Å². The molecular weight excluding hydrogens is 146 g/mol. The minimum Gasteiger partial charge on any atom is -0.799 e. The zero-order chi connectivity index (χ0) is 6.62. The minimum absolute atomic E-state index is 0. The first kappa shape index (κ1) is 12.8. The van der Waals surface area contributed by atoms with Crippen LogP contribution >= 0.6 is 7.37 Å².